The SMILES string of the molecule is CN(C)/N=C/c1ccc(-c2ccccc2)cc1. The topological polar surface area (TPSA) is 15.6 Å². The summed E-state index contributed by atoms with van der Waals surface area (Å²) in [4.78, 5) is 0. The zero-order valence-corrected chi connectivity index (χ0v) is 10.2. The van der Waals surface area contributed by atoms with E-state index in [0.717, 1.165) is 5.56 Å². The predicted molar refractivity (Wildman–Crippen MR) is 73.2 cm³/mol. The number of hydrogen-bond donors (Lipinski definition) is 0. The predicted octanol–water partition coefficient (Wildman–Crippen LogP) is 3.25. The smallest absolute Gasteiger partial charge is 0.0542 e. The number of benzene rings is 2. The lowest BCUT2D eigenvalue weighted by atomic mass is 10.0. The Bertz CT molecular complexity index is 484. The van der Waals surface area contributed by atoms with Gasteiger partial charge in [-0.05, 0) is 16.7 Å². The van der Waals surface area contributed by atoms with Crippen LogP contribution in [0.2, 0.25) is 0 Å². The molecule has 0 heterocycles. The van der Waals surface area contributed by atoms with Crippen molar-refractivity contribution in [3.05, 3.63) is 60.2 Å². The first-order valence-electron chi connectivity index (χ1n) is 5.62. The van der Waals surface area contributed by atoms with Gasteiger partial charge in [0.15, 0.2) is 0 Å². The lowest BCUT2D eigenvalue weighted by Gasteiger charge is -2.04. The molecule has 0 aliphatic heterocycles. The van der Waals surface area contributed by atoms with Crippen LogP contribution in [-0.2, 0) is 0 Å². The molecular weight excluding hydrogens is 208 g/mol. The van der Waals surface area contributed by atoms with Crippen LogP contribution in [-0.4, -0.2) is 25.3 Å². The Morgan fingerprint density at radius 1 is 0.824 bits per heavy atom. The quantitative estimate of drug-likeness (QED) is 0.577. The molecule has 0 aliphatic rings. The molecular formula is C15H16N2. The molecule has 0 unspecified atom stereocenters. The van der Waals surface area contributed by atoms with E-state index in [1.165, 1.54) is 11.1 Å². The number of nitrogens with zero attached hydrogens (tertiary/aromatic N) is 2. The number of rotatable bonds is 3. The van der Waals surface area contributed by atoms with E-state index in [2.05, 4.69) is 53.6 Å². The molecule has 0 N–H and O–H groups in total. The van der Waals surface area contributed by atoms with Crippen LogP contribution in [0.15, 0.2) is 59.7 Å². The Labute approximate surface area is 102 Å². The summed E-state index contributed by atoms with van der Waals surface area (Å²) in [5.41, 5.74) is 3.58. The first-order valence-corrected chi connectivity index (χ1v) is 5.62. The van der Waals surface area contributed by atoms with Crippen LogP contribution in [0.3, 0.4) is 0 Å². The van der Waals surface area contributed by atoms with Gasteiger partial charge >= 0.3 is 0 Å². The largest absolute Gasteiger partial charge is 0.303 e. The van der Waals surface area contributed by atoms with E-state index >= 15 is 0 Å². The molecule has 0 atom stereocenters. The van der Waals surface area contributed by atoms with Crippen molar-refractivity contribution in [3.63, 3.8) is 0 Å². The molecule has 0 radical (unpaired) electrons. The summed E-state index contributed by atoms with van der Waals surface area (Å²) in [6.07, 6.45) is 1.86. The standard InChI is InChI=1S/C15H16N2/c1-17(2)16-12-13-8-10-15(11-9-13)14-6-4-3-5-7-14/h3-12H,1-2H3/b16-12+. The highest BCUT2D eigenvalue weighted by molar-refractivity contribution is 5.80. The fourth-order valence-electron chi connectivity index (χ4n) is 1.57. The molecule has 0 fully saturated rings. The molecule has 0 aliphatic carbocycles. The summed E-state index contributed by atoms with van der Waals surface area (Å²) < 4.78 is 0. The molecule has 0 amide bonds. The highest BCUT2D eigenvalue weighted by Gasteiger charge is 1.95. The van der Waals surface area contributed by atoms with E-state index in [1.807, 2.05) is 26.4 Å². The number of hydrogen-bond acceptors (Lipinski definition) is 2. The van der Waals surface area contributed by atoms with Gasteiger partial charge in [0.05, 0.1) is 6.21 Å². The lowest BCUT2D eigenvalue weighted by molar-refractivity contribution is 0.440. The fourth-order valence-corrected chi connectivity index (χ4v) is 1.57. The molecule has 0 aromatic heterocycles. The Morgan fingerprint density at radius 2 is 1.41 bits per heavy atom. The van der Waals surface area contributed by atoms with Gasteiger partial charge in [0, 0.05) is 14.1 Å². The third kappa shape index (κ3) is 3.18. The highest BCUT2D eigenvalue weighted by atomic mass is 15.4. The van der Waals surface area contributed by atoms with Crippen LogP contribution in [0, 0.1) is 0 Å². The van der Waals surface area contributed by atoms with Crippen molar-refractivity contribution in [2.75, 3.05) is 14.1 Å². The zero-order chi connectivity index (χ0) is 12.1. The molecule has 2 aromatic rings. The minimum absolute atomic E-state index is 1.11. The summed E-state index contributed by atoms with van der Waals surface area (Å²) in [7, 11) is 3.82. The van der Waals surface area contributed by atoms with Crippen molar-refractivity contribution in [2.24, 2.45) is 5.10 Å². The van der Waals surface area contributed by atoms with E-state index in [0.29, 0.717) is 0 Å². The minimum Gasteiger partial charge on any atom is -0.303 e. The van der Waals surface area contributed by atoms with Crippen LogP contribution in [0.5, 0.6) is 0 Å². The van der Waals surface area contributed by atoms with Crippen molar-refractivity contribution in [1.82, 2.24) is 5.01 Å². The monoisotopic (exact) mass is 224 g/mol. The van der Waals surface area contributed by atoms with Crippen molar-refractivity contribution >= 4 is 6.21 Å². The van der Waals surface area contributed by atoms with E-state index in [-0.39, 0.29) is 0 Å². The van der Waals surface area contributed by atoms with Gasteiger partial charge in [0.2, 0.25) is 0 Å². The van der Waals surface area contributed by atoms with Crippen molar-refractivity contribution < 1.29 is 0 Å². The Kier molecular flexibility index (Phi) is 3.55. The molecule has 86 valence electrons. The van der Waals surface area contributed by atoms with E-state index in [1.54, 1.807) is 5.01 Å². The average Bonchev–Trinajstić information content (AvgIpc) is 2.38. The minimum atomic E-state index is 1.11. The van der Waals surface area contributed by atoms with Gasteiger partial charge in [-0.1, -0.05) is 54.6 Å². The molecule has 0 spiro atoms. The first-order chi connectivity index (χ1) is 8.25. The van der Waals surface area contributed by atoms with E-state index in [4.69, 9.17) is 0 Å². The maximum atomic E-state index is 4.21. The Balaban J connectivity index is 2.19. The van der Waals surface area contributed by atoms with E-state index in [9.17, 15) is 0 Å². The maximum absolute atomic E-state index is 4.21. The second-order valence-electron chi connectivity index (χ2n) is 4.08. The van der Waals surface area contributed by atoms with Crippen LogP contribution in [0.25, 0.3) is 11.1 Å². The third-order valence-electron chi connectivity index (χ3n) is 2.46. The van der Waals surface area contributed by atoms with Crippen LogP contribution in [0.4, 0.5) is 0 Å². The second-order valence-corrected chi connectivity index (χ2v) is 4.08. The van der Waals surface area contributed by atoms with Gasteiger partial charge in [0.25, 0.3) is 0 Å². The first kappa shape index (κ1) is 11.4. The molecule has 0 saturated heterocycles. The molecule has 17 heavy (non-hydrogen) atoms. The zero-order valence-electron chi connectivity index (χ0n) is 10.2. The van der Waals surface area contributed by atoms with Gasteiger partial charge in [0.1, 0.15) is 0 Å². The number of hydrazone groups is 1. The normalized spacial score (nSPS) is 10.7. The molecule has 0 bridgehead atoms. The van der Waals surface area contributed by atoms with Crippen molar-refractivity contribution in [1.29, 1.82) is 0 Å². The summed E-state index contributed by atoms with van der Waals surface area (Å²) in [6, 6.07) is 18.8. The van der Waals surface area contributed by atoms with Gasteiger partial charge < -0.3 is 5.01 Å². The second kappa shape index (κ2) is 5.30. The molecule has 2 rings (SSSR count). The summed E-state index contributed by atoms with van der Waals surface area (Å²) in [5.74, 6) is 0. The Morgan fingerprint density at radius 3 is 2.00 bits per heavy atom. The molecule has 2 aromatic carbocycles. The molecule has 2 nitrogen and oxygen atoms in total. The summed E-state index contributed by atoms with van der Waals surface area (Å²) in [6.45, 7) is 0. The maximum Gasteiger partial charge on any atom is 0.0542 e. The van der Waals surface area contributed by atoms with Gasteiger partial charge in [-0.2, -0.15) is 5.10 Å². The van der Waals surface area contributed by atoms with Gasteiger partial charge in [-0.15, -0.1) is 0 Å². The Hall–Kier alpha value is -2.09. The third-order valence-corrected chi connectivity index (χ3v) is 2.46. The summed E-state index contributed by atoms with van der Waals surface area (Å²) >= 11 is 0. The lowest BCUT2D eigenvalue weighted by Crippen LogP contribution is -2.01. The van der Waals surface area contributed by atoms with Crippen LogP contribution in [0.1, 0.15) is 5.56 Å². The van der Waals surface area contributed by atoms with Crippen LogP contribution >= 0.6 is 0 Å². The highest BCUT2D eigenvalue weighted by Crippen LogP contribution is 2.18. The van der Waals surface area contributed by atoms with Gasteiger partial charge in [-0.25, -0.2) is 0 Å². The van der Waals surface area contributed by atoms with E-state index < -0.39 is 0 Å². The average molecular weight is 224 g/mol. The fraction of sp³-hybridized carbons (Fsp3) is 0.133. The van der Waals surface area contributed by atoms with Crippen molar-refractivity contribution in [2.45, 2.75) is 0 Å². The summed E-state index contributed by atoms with van der Waals surface area (Å²) in [5, 5.41) is 5.99. The molecule has 2 heteroatoms. The van der Waals surface area contributed by atoms with Crippen molar-refractivity contribution in [3.8, 4) is 11.1 Å². The van der Waals surface area contributed by atoms with Crippen LogP contribution < -0.4 is 0 Å². The van der Waals surface area contributed by atoms with Gasteiger partial charge in [-0.3, -0.25) is 0 Å². The molecule has 0 saturated carbocycles.